The molecule has 0 aliphatic carbocycles. The number of nitrogen functional groups attached to an aromatic ring is 1. The number of hydrogen-bond donors (Lipinski definition) is 2. The maximum absolute atomic E-state index is 11.9. The molecule has 1 aromatic rings. The van der Waals surface area contributed by atoms with Crippen LogP contribution in [0.25, 0.3) is 0 Å². The fraction of sp³-hybridized carbons (Fsp3) is 0.333. The summed E-state index contributed by atoms with van der Waals surface area (Å²) in [6, 6.07) is 7.24. The molecule has 0 spiro atoms. The molecule has 2 rings (SSSR count). The quantitative estimate of drug-likeness (QED) is 0.693. The zero-order valence-corrected chi connectivity index (χ0v) is 9.48. The molecule has 0 unspecified atom stereocenters. The molecular formula is C12H15N3O2. The standard InChI is InChI=1S/C12H15N3O2/c13-10-3-1-2-9(6-10)7-12(17)15-5-4-14-11(16)8-15/h1-3,6H,4-5,7-8,13H2,(H,14,16). The lowest BCUT2D eigenvalue weighted by molar-refractivity contribution is -0.137. The van der Waals surface area contributed by atoms with Crippen molar-refractivity contribution >= 4 is 17.5 Å². The Labute approximate surface area is 99.6 Å². The third-order valence-corrected chi connectivity index (χ3v) is 2.70. The molecule has 0 saturated carbocycles. The van der Waals surface area contributed by atoms with Gasteiger partial charge in [0.25, 0.3) is 0 Å². The Bertz CT molecular complexity index is 445. The second kappa shape index (κ2) is 4.86. The normalized spacial score (nSPS) is 15.5. The Morgan fingerprint density at radius 2 is 2.29 bits per heavy atom. The predicted octanol–water partition coefficient (Wildman–Crippen LogP) is -0.230. The number of carbonyl (C=O) groups excluding carboxylic acids is 2. The minimum absolute atomic E-state index is 0.0366. The molecule has 0 aromatic heterocycles. The van der Waals surface area contributed by atoms with Crippen molar-refractivity contribution < 1.29 is 9.59 Å². The second-order valence-electron chi connectivity index (χ2n) is 4.09. The van der Waals surface area contributed by atoms with Crippen LogP contribution in [0.1, 0.15) is 5.56 Å². The van der Waals surface area contributed by atoms with E-state index in [0.29, 0.717) is 18.8 Å². The minimum atomic E-state index is -0.0998. The van der Waals surface area contributed by atoms with Gasteiger partial charge in [0.1, 0.15) is 0 Å². The van der Waals surface area contributed by atoms with Gasteiger partial charge in [-0.1, -0.05) is 12.1 Å². The van der Waals surface area contributed by atoms with Crippen molar-refractivity contribution in [3.63, 3.8) is 0 Å². The zero-order chi connectivity index (χ0) is 12.3. The summed E-state index contributed by atoms with van der Waals surface area (Å²) in [4.78, 5) is 24.7. The van der Waals surface area contributed by atoms with Gasteiger partial charge < -0.3 is 16.0 Å². The molecule has 0 bridgehead atoms. The van der Waals surface area contributed by atoms with E-state index in [-0.39, 0.29) is 24.8 Å². The number of hydrogen-bond acceptors (Lipinski definition) is 3. The Morgan fingerprint density at radius 3 is 3.00 bits per heavy atom. The van der Waals surface area contributed by atoms with E-state index in [9.17, 15) is 9.59 Å². The predicted molar refractivity (Wildman–Crippen MR) is 64.1 cm³/mol. The molecule has 1 aromatic carbocycles. The Kier molecular flexibility index (Phi) is 3.27. The molecule has 1 fully saturated rings. The van der Waals surface area contributed by atoms with Crippen molar-refractivity contribution in [2.45, 2.75) is 6.42 Å². The largest absolute Gasteiger partial charge is 0.399 e. The highest BCUT2D eigenvalue weighted by molar-refractivity contribution is 5.86. The summed E-state index contributed by atoms with van der Waals surface area (Å²) in [7, 11) is 0. The summed E-state index contributed by atoms with van der Waals surface area (Å²) < 4.78 is 0. The summed E-state index contributed by atoms with van der Waals surface area (Å²) in [6.45, 7) is 1.26. The first-order valence-corrected chi connectivity index (χ1v) is 5.54. The minimum Gasteiger partial charge on any atom is -0.399 e. The van der Waals surface area contributed by atoms with Crippen molar-refractivity contribution in [1.82, 2.24) is 10.2 Å². The topological polar surface area (TPSA) is 75.4 Å². The van der Waals surface area contributed by atoms with Crippen LogP contribution >= 0.6 is 0 Å². The van der Waals surface area contributed by atoms with Crippen LogP contribution in [0.2, 0.25) is 0 Å². The average molecular weight is 233 g/mol. The molecule has 0 radical (unpaired) electrons. The monoisotopic (exact) mass is 233 g/mol. The number of amides is 2. The van der Waals surface area contributed by atoms with Crippen LogP contribution < -0.4 is 11.1 Å². The van der Waals surface area contributed by atoms with Crippen molar-refractivity contribution in [2.75, 3.05) is 25.4 Å². The third kappa shape index (κ3) is 2.96. The van der Waals surface area contributed by atoms with Gasteiger partial charge >= 0.3 is 0 Å². The lowest BCUT2D eigenvalue weighted by Gasteiger charge is -2.26. The van der Waals surface area contributed by atoms with Crippen molar-refractivity contribution in [2.24, 2.45) is 0 Å². The maximum Gasteiger partial charge on any atom is 0.239 e. The molecule has 1 aliphatic heterocycles. The molecule has 17 heavy (non-hydrogen) atoms. The molecule has 1 heterocycles. The molecule has 2 amide bonds. The highest BCUT2D eigenvalue weighted by Gasteiger charge is 2.20. The Morgan fingerprint density at radius 1 is 1.47 bits per heavy atom. The summed E-state index contributed by atoms with van der Waals surface area (Å²) in [5.41, 5.74) is 7.17. The summed E-state index contributed by atoms with van der Waals surface area (Å²) >= 11 is 0. The fourth-order valence-electron chi connectivity index (χ4n) is 1.84. The van der Waals surface area contributed by atoms with E-state index < -0.39 is 0 Å². The number of anilines is 1. The molecule has 1 saturated heterocycles. The van der Waals surface area contributed by atoms with E-state index >= 15 is 0 Å². The van der Waals surface area contributed by atoms with Gasteiger partial charge in [0.05, 0.1) is 13.0 Å². The molecule has 3 N–H and O–H groups in total. The van der Waals surface area contributed by atoms with Gasteiger partial charge in [-0.15, -0.1) is 0 Å². The number of piperazine rings is 1. The summed E-state index contributed by atoms with van der Waals surface area (Å²) in [5.74, 6) is -0.136. The molecule has 0 atom stereocenters. The van der Waals surface area contributed by atoms with E-state index in [2.05, 4.69) is 5.32 Å². The van der Waals surface area contributed by atoms with Gasteiger partial charge in [-0.05, 0) is 17.7 Å². The van der Waals surface area contributed by atoms with Gasteiger partial charge in [0.15, 0.2) is 0 Å². The molecule has 5 nitrogen and oxygen atoms in total. The van der Waals surface area contributed by atoms with Crippen LogP contribution in [-0.2, 0) is 16.0 Å². The number of rotatable bonds is 2. The lowest BCUT2D eigenvalue weighted by Crippen LogP contribution is -2.50. The molecule has 5 heteroatoms. The van der Waals surface area contributed by atoms with Crippen LogP contribution in [-0.4, -0.2) is 36.3 Å². The van der Waals surface area contributed by atoms with E-state index in [1.807, 2.05) is 12.1 Å². The van der Waals surface area contributed by atoms with Gasteiger partial charge in [0, 0.05) is 18.8 Å². The summed E-state index contributed by atoms with van der Waals surface area (Å²) in [6.07, 6.45) is 0.290. The number of carbonyl (C=O) groups is 2. The highest BCUT2D eigenvalue weighted by atomic mass is 16.2. The highest BCUT2D eigenvalue weighted by Crippen LogP contribution is 2.09. The first-order chi connectivity index (χ1) is 8.15. The SMILES string of the molecule is Nc1cccc(CC(=O)N2CCNC(=O)C2)c1. The number of benzene rings is 1. The van der Waals surface area contributed by atoms with Crippen molar-refractivity contribution in [1.29, 1.82) is 0 Å². The van der Waals surface area contributed by atoms with E-state index in [4.69, 9.17) is 5.73 Å². The fourth-order valence-corrected chi connectivity index (χ4v) is 1.84. The molecular weight excluding hydrogens is 218 g/mol. The van der Waals surface area contributed by atoms with Crippen LogP contribution in [0.3, 0.4) is 0 Å². The average Bonchev–Trinajstić information content (AvgIpc) is 2.29. The number of nitrogens with one attached hydrogen (secondary N) is 1. The third-order valence-electron chi connectivity index (χ3n) is 2.70. The first kappa shape index (κ1) is 11.4. The van der Waals surface area contributed by atoms with Gasteiger partial charge in [0.2, 0.25) is 11.8 Å². The van der Waals surface area contributed by atoms with Crippen LogP contribution in [0.4, 0.5) is 5.69 Å². The Hall–Kier alpha value is -2.04. The smallest absolute Gasteiger partial charge is 0.239 e. The van der Waals surface area contributed by atoms with Crippen LogP contribution in [0.5, 0.6) is 0 Å². The van der Waals surface area contributed by atoms with Crippen LogP contribution in [0, 0.1) is 0 Å². The number of nitrogens with two attached hydrogens (primary N) is 1. The van der Waals surface area contributed by atoms with E-state index in [0.717, 1.165) is 5.56 Å². The second-order valence-corrected chi connectivity index (χ2v) is 4.09. The van der Waals surface area contributed by atoms with Gasteiger partial charge in [-0.2, -0.15) is 0 Å². The van der Waals surface area contributed by atoms with Crippen molar-refractivity contribution in [3.05, 3.63) is 29.8 Å². The van der Waals surface area contributed by atoms with Gasteiger partial charge in [-0.3, -0.25) is 9.59 Å². The zero-order valence-electron chi connectivity index (χ0n) is 9.48. The maximum atomic E-state index is 11.9. The van der Waals surface area contributed by atoms with E-state index in [1.54, 1.807) is 17.0 Å². The lowest BCUT2D eigenvalue weighted by atomic mass is 10.1. The molecule has 90 valence electrons. The van der Waals surface area contributed by atoms with E-state index in [1.165, 1.54) is 0 Å². The Balaban J connectivity index is 1.99. The molecule has 1 aliphatic rings. The number of nitrogens with zero attached hydrogens (tertiary/aromatic N) is 1. The van der Waals surface area contributed by atoms with Crippen molar-refractivity contribution in [3.8, 4) is 0 Å². The first-order valence-electron chi connectivity index (χ1n) is 5.54. The summed E-state index contributed by atoms with van der Waals surface area (Å²) in [5, 5.41) is 2.69. The van der Waals surface area contributed by atoms with Crippen LogP contribution in [0.15, 0.2) is 24.3 Å². The van der Waals surface area contributed by atoms with Gasteiger partial charge in [-0.25, -0.2) is 0 Å².